The van der Waals surface area contributed by atoms with Gasteiger partial charge in [0.2, 0.25) is 0 Å². The van der Waals surface area contributed by atoms with E-state index in [9.17, 15) is 4.39 Å². The van der Waals surface area contributed by atoms with Gasteiger partial charge in [0.1, 0.15) is 5.82 Å². The highest BCUT2D eigenvalue weighted by Crippen LogP contribution is 2.53. The Kier molecular flexibility index (Phi) is 2.95. The zero-order chi connectivity index (χ0) is 17.3. The first-order chi connectivity index (χ1) is 12.8. The number of aromatic nitrogens is 2. The molecule has 132 valence electrons. The Morgan fingerprint density at radius 2 is 1.88 bits per heavy atom. The van der Waals surface area contributed by atoms with E-state index in [0.29, 0.717) is 6.17 Å². The lowest BCUT2D eigenvalue weighted by atomic mass is 9.73. The Hall–Kier alpha value is -2.24. The molecule has 4 nitrogen and oxygen atoms in total. The number of fused-ring (bicyclic) bond motifs is 5. The SMILES string of the molecule is Fc1ccc2[nH]c3c(c2c1)CCN1C(c2ccncc2)N2CCC31CC2. The van der Waals surface area contributed by atoms with Gasteiger partial charge in [-0.1, -0.05) is 0 Å². The number of nitrogens with zero attached hydrogens (tertiary/aromatic N) is 3. The minimum absolute atomic E-state index is 0.0474. The number of rotatable bonds is 1. The number of pyridine rings is 1. The van der Waals surface area contributed by atoms with Crippen molar-refractivity contribution in [1.82, 2.24) is 19.8 Å². The first-order valence-electron chi connectivity index (χ1n) is 9.48. The average Bonchev–Trinajstić information content (AvgIpc) is 3.07. The minimum Gasteiger partial charge on any atom is -0.357 e. The highest BCUT2D eigenvalue weighted by Gasteiger charge is 2.55. The van der Waals surface area contributed by atoms with Gasteiger partial charge in [0.25, 0.3) is 0 Å². The summed E-state index contributed by atoms with van der Waals surface area (Å²) in [4.78, 5) is 13.2. The Bertz CT molecular complexity index is 988. The van der Waals surface area contributed by atoms with Gasteiger partial charge in [-0.05, 0) is 60.7 Å². The maximum Gasteiger partial charge on any atom is 0.123 e. The van der Waals surface area contributed by atoms with E-state index in [0.717, 1.165) is 49.8 Å². The maximum absolute atomic E-state index is 13.8. The Labute approximate surface area is 151 Å². The quantitative estimate of drug-likeness (QED) is 0.730. The van der Waals surface area contributed by atoms with Crippen LogP contribution in [-0.4, -0.2) is 39.4 Å². The first-order valence-corrected chi connectivity index (χ1v) is 9.48. The molecule has 1 N–H and O–H groups in total. The van der Waals surface area contributed by atoms with Crippen molar-refractivity contribution in [2.45, 2.75) is 31.0 Å². The molecule has 26 heavy (non-hydrogen) atoms. The molecule has 3 saturated heterocycles. The van der Waals surface area contributed by atoms with E-state index in [4.69, 9.17) is 0 Å². The molecule has 4 aliphatic rings. The summed E-state index contributed by atoms with van der Waals surface area (Å²) >= 11 is 0. The average molecular weight is 348 g/mol. The smallest absolute Gasteiger partial charge is 0.123 e. The number of hydrogen-bond acceptors (Lipinski definition) is 3. The number of H-pyrrole nitrogens is 1. The van der Waals surface area contributed by atoms with Gasteiger partial charge in [-0.15, -0.1) is 0 Å². The number of hydrogen-bond donors (Lipinski definition) is 1. The lowest BCUT2D eigenvalue weighted by Gasteiger charge is -2.62. The molecular formula is C21H21FN4. The zero-order valence-corrected chi connectivity index (χ0v) is 14.6. The van der Waals surface area contributed by atoms with E-state index < -0.39 is 0 Å². The van der Waals surface area contributed by atoms with E-state index in [-0.39, 0.29) is 11.4 Å². The summed E-state index contributed by atoms with van der Waals surface area (Å²) in [5.74, 6) is -0.146. The third-order valence-corrected chi connectivity index (χ3v) is 6.76. The summed E-state index contributed by atoms with van der Waals surface area (Å²) in [7, 11) is 0. The van der Waals surface area contributed by atoms with Gasteiger partial charge < -0.3 is 4.98 Å². The summed E-state index contributed by atoms with van der Waals surface area (Å²) in [6, 6.07) is 9.45. The summed E-state index contributed by atoms with van der Waals surface area (Å²) in [5.41, 5.74) is 5.11. The second kappa shape index (κ2) is 5.15. The van der Waals surface area contributed by atoms with Gasteiger partial charge >= 0.3 is 0 Å². The predicted molar refractivity (Wildman–Crippen MR) is 98.1 cm³/mol. The van der Waals surface area contributed by atoms with Crippen LogP contribution in [0.2, 0.25) is 0 Å². The molecule has 2 aromatic heterocycles. The van der Waals surface area contributed by atoms with Crippen molar-refractivity contribution in [3.8, 4) is 0 Å². The van der Waals surface area contributed by atoms with Gasteiger partial charge in [0, 0.05) is 48.6 Å². The zero-order valence-electron chi connectivity index (χ0n) is 14.6. The third-order valence-electron chi connectivity index (χ3n) is 6.76. The monoisotopic (exact) mass is 348 g/mol. The predicted octanol–water partition coefficient (Wildman–Crippen LogP) is 3.56. The lowest BCUT2D eigenvalue weighted by molar-refractivity contribution is -0.149. The van der Waals surface area contributed by atoms with E-state index >= 15 is 0 Å². The van der Waals surface area contributed by atoms with Gasteiger partial charge in [-0.3, -0.25) is 14.8 Å². The fraction of sp³-hybridized carbons (Fsp3) is 0.381. The van der Waals surface area contributed by atoms with E-state index in [1.165, 1.54) is 16.8 Å². The maximum atomic E-state index is 13.8. The highest BCUT2D eigenvalue weighted by molar-refractivity contribution is 5.85. The van der Waals surface area contributed by atoms with Crippen LogP contribution in [0.3, 0.4) is 0 Å². The molecule has 3 aromatic rings. The number of aromatic amines is 1. The van der Waals surface area contributed by atoms with Crippen molar-refractivity contribution in [3.63, 3.8) is 0 Å². The van der Waals surface area contributed by atoms with Crippen molar-refractivity contribution in [3.05, 3.63) is 65.4 Å². The topological polar surface area (TPSA) is 35.2 Å². The molecule has 0 radical (unpaired) electrons. The number of benzene rings is 1. The normalized spacial score (nSPS) is 30.3. The van der Waals surface area contributed by atoms with E-state index in [1.807, 2.05) is 18.5 Å². The minimum atomic E-state index is -0.146. The van der Waals surface area contributed by atoms with Crippen LogP contribution < -0.4 is 0 Å². The molecule has 4 aliphatic heterocycles. The van der Waals surface area contributed by atoms with Crippen LogP contribution in [0.5, 0.6) is 0 Å². The Morgan fingerprint density at radius 1 is 1.08 bits per heavy atom. The van der Waals surface area contributed by atoms with Crippen LogP contribution in [0.25, 0.3) is 10.9 Å². The van der Waals surface area contributed by atoms with Gasteiger partial charge in [0.05, 0.1) is 11.7 Å². The summed E-state index contributed by atoms with van der Waals surface area (Å²) in [6.07, 6.45) is 7.35. The van der Waals surface area contributed by atoms with Gasteiger partial charge in [0.15, 0.2) is 0 Å². The molecule has 1 spiro atoms. The second-order valence-electron chi connectivity index (χ2n) is 7.83. The molecule has 1 unspecified atom stereocenters. The highest BCUT2D eigenvalue weighted by atomic mass is 19.1. The van der Waals surface area contributed by atoms with Crippen LogP contribution in [0, 0.1) is 5.82 Å². The standard InChI is InChI=1S/C21H21FN4/c22-15-1-2-18-17(13-15)16-5-10-26-20(14-3-8-23-9-4-14)25-11-6-21(26,7-12-25)19(16)24-18/h1-4,8-9,13,20,24H,5-7,10-12H2. The number of nitrogens with one attached hydrogen (secondary N) is 1. The number of piperidine rings is 1. The molecule has 1 atom stereocenters. The largest absolute Gasteiger partial charge is 0.357 e. The van der Waals surface area contributed by atoms with Crippen LogP contribution in [0.4, 0.5) is 4.39 Å². The molecular weight excluding hydrogens is 327 g/mol. The third kappa shape index (κ3) is 1.82. The van der Waals surface area contributed by atoms with Crippen LogP contribution >= 0.6 is 0 Å². The van der Waals surface area contributed by atoms with Crippen molar-refractivity contribution < 1.29 is 4.39 Å². The molecule has 3 fully saturated rings. The summed E-state index contributed by atoms with van der Waals surface area (Å²) in [6.45, 7) is 3.22. The molecule has 0 amide bonds. The second-order valence-corrected chi connectivity index (χ2v) is 7.83. The van der Waals surface area contributed by atoms with Gasteiger partial charge in [-0.25, -0.2) is 4.39 Å². The van der Waals surface area contributed by atoms with Gasteiger partial charge in [-0.2, -0.15) is 0 Å². The Morgan fingerprint density at radius 3 is 2.69 bits per heavy atom. The number of halogens is 1. The molecule has 1 aromatic carbocycles. The van der Waals surface area contributed by atoms with Crippen molar-refractivity contribution in [1.29, 1.82) is 0 Å². The lowest BCUT2D eigenvalue weighted by Crippen LogP contribution is -2.66. The van der Waals surface area contributed by atoms with E-state index in [2.05, 4.69) is 31.9 Å². The Balaban J connectivity index is 1.54. The van der Waals surface area contributed by atoms with E-state index in [1.54, 1.807) is 12.1 Å². The fourth-order valence-electron chi connectivity index (χ4n) is 5.62. The molecule has 6 heterocycles. The molecule has 5 heteroatoms. The molecule has 0 aliphatic carbocycles. The molecule has 2 bridgehead atoms. The van der Waals surface area contributed by atoms with Crippen LogP contribution in [0.1, 0.15) is 35.8 Å². The van der Waals surface area contributed by atoms with Crippen LogP contribution in [0.15, 0.2) is 42.7 Å². The van der Waals surface area contributed by atoms with Crippen molar-refractivity contribution >= 4 is 10.9 Å². The fourth-order valence-corrected chi connectivity index (χ4v) is 5.62. The molecule has 7 rings (SSSR count). The van der Waals surface area contributed by atoms with Crippen molar-refractivity contribution in [2.75, 3.05) is 19.6 Å². The summed E-state index contributed by atoms with van der Waals surface area (Å²) < 4.78 is 13.8. The first kappa shape index (κ1) is 14.9. The van der Waals surface area contributed by atoms with Crippen molar-refractivity contribution in [2.24, 2.45) is 0 Å². The summed E-state index contributed by atoms with van der Waals surface area (Å²) in [5, 5.41) is 1.07. The molecule has 0 saturated carbocycles. The van der Waals surface area contributed by atoms with Crippen LogP contribution in [-0.2, 0) is 12.0 Å².